The molecule has 0 aliphatic carbocycles. The molecule has 1 atom stereocenters. The number of nitrogens with zero attached hydrogens (tertiary/aromatic N) is 1. The fourth-order valence-corrected chi connectivity index (χ4v) is 2.26. The first-order valence-corrected chi connectivity index (χ1v) is 7.21. The lowest BCUT2D eigenvalue weighted by molar-refractivity contribution is -0.121. The van der Waals surface area contributed by atoms with Crippen molar-refractivity contribution in [3.05, 3.63) is 17.8 Å². The Kier molecular flexibility index (Phi) is 6.20. The highest BCUT2D eigenvalue weighted by atomic mass is 16.4. The summed E-state index contributed by atoms with van der Waals surface area (Å²) in [5.41, 5.74) is 5.83. The van der Waals surface area contributed by atoms with Crippen LogP contribution in [0.5, 0.6) is 0 Å². The van der Waals surface area contributed by atoms with Crippen molar-refractivity contribution in [3.63, 3.8) is 0 Å². The maximum atomic E-state index is 11.8. The molecule has 1 aromatic heterocycles. The van der Waals surface area contributed by atoms with Gasteiger partial charge in [-0.3, -0.25) is 4.79 Å². The van der Waals surface area contributed by atoms with Gasteiger partial charge in [-0.25, -0.2) is 4.98 Å². The largest absolute Gasteiger partial charge is 0.444 e. The first-order chi connectivity index (χ1) is 9.32. The summed E-state index contributed by atoms with van der Waals surface area (Å²) in [5.74, 6) is 1.80. The van der Waals surface area contributed by atoms with Gasteiger partial charge in [0.2, 0.25) is 11.8 Å². The Labute approximate surface area is 121 Å². The number of oxazole rings is 1. The lowest BCUT2D eigenvalue weighted by Crippen LogP contribution is -2.27. The molecule has 1 aromatic rings. The maximum Gasteiger partial charge on any atom is 0.220 e. The number of hydrogen-bond acceptors (Lipinski definition) is 4. The van der Waals surface area contributed by atoms with Gasteiger partial charge in [0.15, 0.2) is 0 Å². The molecule has 0 aromatic carbocycles. The lowest BCUT2D eigenvalue weighted by Gasteiger charge is -2.30. The molecular formula is C15H27N3O2. The molecule has 0 spiro atoms. The Hall–Kier alpha value is -1.36. The van der Waals surface area contributed by atoms with Gasteiger partial charge in [-0.1, -0.05) is 20.8 Å². The van der Waals surface area contributed by atoms with Crippen molar-refractivity contribution in [2.75, 3.05) is 6.54 Å². The first kappa shape index (κ1) is 16.7. The molecule has 5 nitrogen and oxygen atoms in total. The van der Waals surface area contributed by atoms with E-state index in [0.29, 0.717) is 31.3 Å². The molecule has 0 saturated heterocycles. The van der Waals surface area contributed by atoms with Crippen molar-refractivity contribution < 1.29 is 9.21 Å². The second-order valence-corrected chi connectivity index (χ2v) is 6.32. The van der Waals surface area contributed by atoms with Crippen LogP contribution < -0.4 is 11.1 Å². The third-order valence-electron chi connectivity index (χ3n) is 3.57. The molecular weight excluding hydrogens is 254 g/mol. The number of aromatic nitrogens is 1. The number of aryl methyl sites for hydroxylation is 1. The zero-order chi connectivity index (χ0) is 15.2. The van der Waals surface area contributed by atoms with Gasteiger partial charge in [-0.05, 0) is 37.6 Å². The Morgan fingerprint density at radius 1 is 1.45 bits per heavy atom. The van der Waals surface area contributed by atoms with Crippen LogP contribution in [0.2, 0.25) is 0 Å². The molecule has 1 amide bonds. The van der Waals surface area contributed by atoms with Crippen molar-refractivity contribution in [2.24, 2.45) is 17.1 Å². The third-order valence-corrected chi connectivity index (χ3v) is 3.57. The molecule has 0 saturated carbocycles. The second kappa shape index (κ2) is 7.43. The highest BCUT2D eigenvalue weighted by molar-refractivity contribution is 5.75. The minimum atomic E-state index is 0.0344. The minimum Gasteiger partial charge on any atom is -0.444 e. The van der Waals surface area contributed by atoms with Crippen molar-refractivity contribution >= 4 is 5.91 Å². The first-order valence-electron chi connectivity index (χ1n) is 7.21. The van der Waals surface area contributed by atoms with E-state index in [-0.39, 0.29) is 11.3 Å². The van der Waals surface area contributed by atoms with Crippen LogP contribution in [0.3, 0.4) is 0 Å². The molecule has 0 bridgehead atoms. The van der Waals surface area contributed by atoms with E-state index >= 15 is 0 Å². The lowest BCUT2D eigenvalue weighted by atomic mass is 9.76. The molecule has 0 radical (unpaired) electrons. The van der Waals surface area contributed by atoms with Crippen LogP contribution in [-0.2, 0) is 11.3 Å². The van der Waals surface area contributed by atoms with Gasteiger partial charge in [0.05, 0.1) is 12.7 Å². The Morgan fingerprint density at radius 3 is 2.65 bits per heavy atom. The van der Waals surface area contributed by atoms with E-state index in [1.807, 2.05) is 6.92 Å². The fourth-order valence-electron chi connectivity index (χ4n) is 2.26. The number of rotatable bonds is 7. The number of amides is 1. The van der Waals surface area contributed by atoms with Gasteiger partial charge in [-0.2, -0.15) is 0 Å². The molecule has 0 fully saturated rings. The predicted molar refractivity (Wildman–Crippen MR) is 78.9 cm³/mol. The van der Waals surface area contributed by atoms with Crippen LogP contribution in [0.4, 0.5) is 0 Å². The highest BCUT2D eigenvalue weighted by Crippen LogP contribution is 2.31. The summed E-state index contributed by atoms with van der Waals surface area (Å²) in [6, 6.07) is 0. The van der Waals surface area contributed by atoms with Crippen LogP contribution in [0.25, 0.3) is 0 Å². The van der Waals surface area contributed by atoms with Gasteiger partial charge in [0.1, 0.15) is 5.76 Å². The zero-order valence-corrected chi connectivity index (χ0v) is 13.0. The van der Waals surface area contributed by atoms with Gasteiger partial charge < -0.3 is 15.5 Å². The van der Waals surface area contributed by atoms with E-state index in [9.17, 15) is 4.79 Å². The number of carbonyl (C=O) groups excluding carboxylic acids is 1. The van der Waals surface area contributed by atoms with E-state index in [4.69, 9.17) is 10.2 Å². The summed E-state index contributed by atoms with van der Waals surface area (Å²) < 4.78 is 5.31. The second-order valence-electron chi connectivity index (χ2n) is 6.32. The molecule has 114 valence electrons. The quantitative estimate of drug-likeness (QED) is 0.804. The summed E-state index contributed by atoms with van der Waals surface area (Å²) in [5, 5.41) is 2.83. The molecule has 5 heteroatoms. The van der Waals surface area contributed by atoms with E-state index in [1.165, 1.54) is 0 Å². The molecule has 0 aliphatic rings. The van der Waals surface area contributed by atoms with Gasteiger partial charge in [0.25, 0.3) is 0 Å². The Bertz CT molecular complexity index is 421. The van der Waals surface area contributed by atoms with Gasteiger partial charge in [-0.15, -0.1) is 0 Å². The average molecular weight is 281 g/mol. The van der Waals surface area contributed by atoms with Crippen LogP contribution in [-0.4, -0.2) is 17.4 Å². The minimum absolute atomic E-state index is 0.0344. The van der Waals surface area contributed by atoms with E-state index in [2.05, 4.69) is 31.1 Å². The zero-order valence-electron chi connectivity index (χ0n) is 13.0. The fraction of sp³-hybridized carbons (Fsp3) is 0.733. The SMILES string of the molecule is Cc1cnc(CNC(=O)CCC(CCN)C(C)(C)C)o1. The summed E-state index contributed by atoms with van der Waals surface area (Å²) in [6.07, 6.45) is 3.98. The molecule has 1 rings (SSSR count). The number of nitrogens with two attached hydrogens (primary N) is 1. The van der Waals surface area contributed by atoms with E-state index in [0.717, 1.165) is 18.6 Å². The molecule has 3 N–H and O–H groups in total. The van der Waals surface area contributed by atoms with Gasteiger partial charge >= 0.3 is 0 Å². The van der Waals surface area contributed by atoms with Crippen molar-refractivity contribution in [3.8, 4) is 0 Å². The van der Waals surface area contributed by atoms with Crippen molar-refractivity contribution in [1.29, 1.82) is 0 Å². The number of nitrogens with one attached hydrogen (secondary N) is 1. The summed E-state index contributed by atoms with van der Waals surface area (Å²) in [7, 11) is 0. The topological polar surface area (TPSA) is 81.2 Å². The summed E-state index contributed by atoms with van der Waals surface area (Å²) >= 11 is 0. The summed E-state index contributed by atoms with van der Waals surface area (Å²) in [4.78, 5) is 15.9. The van der Waals surface area contributed by atoms with Gasteiger partial charge in [0, 0.05) is 6.42 Å². The van der Waals surface area contributed by atoms with Crippen molar-refractivity contribution in [2.45, 2.75) is 53.5 Å². The number of carbonyl (C=O) groups is 1. The normalized spacial score (nSPS) is 13.2. The van der Waals surface area contributed by atoms with Crippen LogP contribution in [0, 0.1) is 18.3 Å². The van der Waals surface area contributed by atoms with Crippen LogP contribution in [0.15, 0.2) is 10.6 Å². The summed E-state index contributed by atoms with van der Waals surface area (Å²) in [6.45, 7) is 9.43. The Balaban J connectivity index is 2.34. The third kappa shape index (κ3) is 5.74. The highest BCUT2D eigenvalue weighted by Gasteiger charge is 2.24. The van der Waals surface area contributed by atoms with Crippen molar-refractivity contribution in [1.82, 2.24) is 10.3 Å². The molecule has 1 heterocycles. The smallest absolute Gasteiger partial charge is 0.220 e. The molecule has 20 heavy (non-hydrogen) atoms. The Morgan fingerprint density at radius 2 is 2.15 bits per heavy atom. The van der Waals surface area contributed by atoms with E-state index < -0.39 is 0 Å². The molecule has 1 unspecified atom stereocenters. The monoisotopic (exact) mass is 281 g/mol. The van der Waals surface area contributed by atoms with E-state index in [1.54, 1.807) is 6.20 Å². The molecule has 0 aliphatic heterocycles. The average Bonchev–Trinajstić information content (AvgIpc) is 2.76. The predicted octanol–water partition coefficient (Wildman–Crippen LogP) is 2.39. The maximum absolute atomic E-state index is 11.8. The van der Waals surface area contributed by atoms with Crippen LogP contribution >= 0.6 is 0 Å². The van der Waals surface area contributed by atoms with Crippen LogP contribution in [0.1, 0.15) is 51.7 Å². The number of hydrogen-bond donors (Lipinski definition) is 2. The standard InChI is InChI=1S/C15H27N3O2/c1-11-9-18-14(20-11)10-17-13(19)6-5-12(7-8-16)15(2,3)4/h9,12H,5-8,10,16H2,1-4H3,(H,17,19).